The van der Waals surface area contributed by atoms with Crippen LogP contribution in [0.3, 0.4) is 0 Å². The molecule has 0 saturated heterocycles. The minimum atomic E-state index is -0.631. The first kappa shape index (κ1) is 17.5. The summed E-state index contributed by atoms with van der Waals surface area (Å²) in [5.74, 6) is -1.07. The molecule has 0 amide bonds. The van der Waals surface area contributed by atoms with Gasteiger partial charge in [0, 0.05) is 18.7 Å². The molecule has 7 nitrogen and oxygen atoms in total. The van der Waals surface area contributed by atoms with Gasteiger partial charge in [0.2, 0.25) is 0 Å². The van der Waals surface area contributed by atoms with E-state index in [-0.39, 0.29) is 18.7 Å². The van der Waals surface area contributed by atoms with Crippen molar-refractivity contribution in [2.45, 2.75) is 13.3 Å². The Bertz CT molecular complexity index is 567. The molecule has 0 heterocycles. The molecule has 118 valence electrons. The van der Waals surface area contributed by atoms with E-state index in [2.05, 4.69) is 0 Å². The van der Waals surface area contributed by atoms with Gasteiger partial charge in [0.15, 0.2) is 5.78 Å². The lowest BCUT2D eigenvalue weighted by molar-refractivity contribution is -0.384. The summed E-state index contributed by atoms with van der Waals surface area (Å²) in [5, 5.41) is 10.6. The number of hydrogen-bond donors (Lipinski definition) is 0. The second-order valence-electron chi connectivity index (χ2n) is 4.25. The third-order valence-corrected chi connectivity index (χ3v) is 2.56. The number of allylic oxidation sites excluding steroid dienone is 1. The molecule has 1 aromatic rings. The first-order chi connectivity index (χ1) is 10.5. The van der Waals surface area contributed by atoms with Crippen molar-refractivity contribution in [2.75, 3.05) is 19.8 Å². The Hall–Kier alpha value is -2.54. The van der Waals surface area contributed by atoms with Crippen LogP contribution in [0.2, 0.25) is 0 Å². The van der Waals surface area contributed by atoms with E-state index in [1.807, 2.05) is 6.92 Å². The van der Waals surface area contributed by atoms with E-state index in [0.29, 0.717) is 18.8 Å². The molecule has 0 fully saturated rings. The van der Waals surface area contributed by atoms with Crippen LogP contribution in [0.25, 0.3) is 6.08 Å². The second kappa shape index (κ2) is 9.41. The van der Waals surface area contributed by atoms with E-state index < -0.39 is 16.7 Å². The average Bonchev–Trinajstić information content (AvgIpc) is 2.50. The van der Waals surface area contributed by atoms with Gasteiger partial charge in [0.1, 0.15) is 13.0 Å². The van der Waals surface area contributed by atoms with E-state index >= 15 is 0 Å². The summed E-state index contributed by atoms with van der Waals surface area (Å²) in [4.78, 5) is 33.0. The van der Waals surface area contributed by atoms with E-state index in [9.17, 15) is 19.7 Å². The van der Waals surface area contributed by atoms with Gasteiger partial charge in [0.25, 0.3) is 5.69 Å². The molecule has 0 spiro atoms. The summed E-state index contributed by atoms with van der Waals surface area (Å²) in [6, 6.07) is 5.83. The molecule has 0 atom stereocenters. The molecule has 22 heavy (non-hydrogen) atoms. The zero-order valence-electron chi connectivity index (χ0n) is 12.2. The lowest BCUT2D eigenvalue weighted by Crippen LogP contribution is -2.13. The summed E-state index contributed by atoms with van der Waals surface area (Å²) < 4.78 is 9.80. The van der Waals surface area contributed by atoms with Crippen molar-refractivity contribution < 1.29 is 24.0 Å². The Kier molecular flexibility index (Phi) is 7.49. The Balaban J connectivity index is 2.45. The zero-order chi connectivity index (χ0) is 16.4. The predicted octanol–water partition coefficient (Wildman–Crippen LogP) is 2.15. The minimum Gasteiger partial charge on any atom is -0.463 e. The first-order valence-electron chi connectivity index (χ1n) is 6.71. The monoisotopic (exact) mass is 307 g/mol. The number of carbonyl (C=O) groups is 2. The largest absolute Gasteiger partial charge is 0.463 e. The molecule has 0 radical (unpaired) electrons. The SMILES string of the molecule is CCOCCOC(=O)CC(=O)C=Cc1cccc([N+](=O)[O-])c1. The smallest absolute Gasteiger partial charge is 0.313 e. The van der Waals surface area contributed by atoms with Crippen molar-refractivity contribution >= 4 is 23.5 Å². The maximum absolute atomic E-state index is 11.6. The van der Waals surface area contributed by atoms with Gasteiger partial charge in [-0.15, -0.1) is 0 Å². The first-order valence-corrected chi connectivity index (χ1v) is 6.71. The lowest BCUT2D eigenvalue weighted by atomic mass is 10.1. The molecule has 0 aliphatic carbocycles. The summed E-state index contributed by atoms with van der Waals surface area (Å²) in [5.41, 5.74) is 0.442. The number of nitrogens with zero attached hydrogens (tertiary/aromatic N) is 1. The van der Waals surface area contributed by atoms with Crippen molar-refractivity contribution in [1.82, 2.24) is 0 Å². The predicted molar refractivity (Wildman–Crippen MR) is 79.2 cm³/mol. The van der Waals surface area contributed by atoms with Crippen LogP contribution in [0.1, 0.15) is 18.9 Å². The van der Waals surface area contributed by atoms with Crippen molar-refractivity contribution in [2.24, 2.45) is 0 Å². The Morgan fingerprint density at radius 3 is 2.77 bits per heavy atom. The number of non-ortho nitro benzene ring substituents is 1. The van der Waals surface area contributed by atoms with Crippen LogP contribution < -0.4 is 0 Å². The molecule has 0 aliphatic heterocycles. The molecule has 0 bridgehead atoms. The quantitative estimate of drug-likeness (QED) is 0.173. The molecular formula is C15H17NO6. The van der Waals surface area contributed by atoms with Gasteiger partial charge >= 0.3 is 5.97 Å². The van der Waals surface area contributed by atoms with E-state index in [0.717, 1.165) is 0 Å². The van der Waals surface area contributed by atoms with Crippen molar-refractivity contribution in [3.05, 3.63) is 46.0 Å². The number of benzene rings is 1. The number of ketones is 1. The highest BCUT2D eigenvalue weighted by Crippen LogP contribution is 2.14. The number of rotatable bonds is 9. The highest BCUT2D eigenvalue weighted by molar-refractivity contribution is 6.03. The molecule has 0 unspecified atom stereocenters. The Morgan fingerprint density at radius 1 is 1.32 bits per heavy atom. The van der Waals surface area contributed by atoms with Crippen LogP contribution in [0.4, 0.5) is 5.69 Å². The van der Waals surface area contributed by atoms with Gasteiger partial charge in [-0.25, -0.2) is 0 Å². The van der Waals surface area contributed by atoms with Crippen LogP contribution in [0.5, 0.6) is 0 Å². The lowest BCUT2D eigenvalue weighted by Gasteiger charge is -2.03. The Labute approximate surface area is 127 Å². The molecule has 1 rings (SSSR count). The highest BCUT2D eigenvalue weighted by Gasteiger charge is 2.08. The van der Waals surface area contributed by atoms with Crippen molar-refractivity contribution in [3.63, 3.8) is 0 Å². The summed E-state index contributed by atoms with van der Waals surface area (Å²) >= 11 is 0. The second-order valence-corrected chi connectivity index (χ2v) is 4.25. The average molecular weight is 307 g/mol. The number of nitro groups is 1. The number of carbonyl (C=O) groups excluding carboxylic acids is 2. The van der Waals surface area contributed by atoms with E-state index in [1.165, 1.54) is 30.4 Å². The fraction of sp³-hybridized carbons (Fsp3) is 0.333. The minimum absolute atomic E-state index is 0.0649. The van der Waals surface area contributed by atoms with Crippen molar-refractivity contribution in [3.8, 4) is 0 Å². The number of nitro benzene ring substituents is 1. The number of hydrogen-bond acceptors (Lipinski definition) is 6. The van der Waals surface area contributed by atoms with E-state index in [1.54, 1.807) is 6.07 Å². The summed E-state index contributed by atoms with van der Waals surface area (Å²) in [7, 11) is 0. The Morgan fingerprint density at radius 2 is 2.09 bits per heavy atom. The zero-order valence-corrected chi connectivity index (χ0v) is 12.2. The third kappa shape index (κ3) is 6.76. The molecule has 0 aliphatic rings. The van der Waals surface area contributed by atoms with E-state index in [4.69, 9.17) is 9.47 Å². The van der Waals surface area contributed by atoms with Crippen LogP contribution in [-0.4, -0.2) is 36.5 Å². The molecule has 7 heteroatoms. The van der Waals surface area contributed by atoms with Crippen molar-refractivity contribution in [1.29, 1.82) is 0 Å². The number of esters is 1. The number of ether oxygens (including phenoxy) is 2. The molecule has 0 saturated carbocycles. The van der Waals surface area contributed by atoms with Gasteiger partial charge in [-0.1, -0.05) is 18.2 Å². The third-order valence-electron chi connectivity index (χ3n) is 2.56. The van der Waals surface area contributed by atoms with Crippen LogP contribution >= 0.6 is 0 Å². The van der Waals surface area contributed by atoms with Gasteiger partial charge in [-0.3, -0.25) is 19.7 Å². The summed E-state index contributed by atoms with van der Waals surface area (Å²) in [6.07, 6.45) is 2.24. The topological polar surface area (TPSA) is 95.7 Å². The highest BCUT2D eigenvalue weighted by atomic mass is 16.6. The molecule has 1 aromatic carbocycles. The molecular weight excluding hydrogens is 290 g/mol. The van der Waals surface area contributed by atoms with Crippen LogP contribution in [-0.2, 0) is 19.1 Å². The maximum atomic E-state index is 11.6. The normalized spacial score (nSPS) is 10.6. The fourth-order valence-electron chi connectivity index (χ4n) is 1.54. The van der Waals surface area contributed by atoms with Gasteiger partial charge in [-0.05, 0) is 18.6 Å². The van der Waals surface area contributed by atoms with Crippen LogP contribution in [0, 0.1) is 10.1 Å². The van der Waals surface area contributed by atoms with Crippen LogP contribution in [0.15, 0.2) is 30.3 Å². The molecule has 0 aromatic heterocycles. The summed E-state index contributed by atoms with van der Waals surface area (Å²) in [6.45, 7) is 2.75. The fourth-order valence-corrected chi connectivity index (χ4v) is 1.54. The van der Waals surface area contributed by atoms with Gasteiger partial charge < -0.3 is 9.47 Å². The maximum Gasteiger partial charge on any atom is 0.313 e. The standard InChI is InChI=1S/C15H17NO6/c1-2-21-8-9-22-15(18)11-14(17)7-6-12-4-3-5-13(10-12)16(19)20/h3-7,10H,2,8-9,11H2,1H3. The van der Waals surface area contributed by atoms with Gasteiger partial charge in [-0.2, -0.15) is 0 Å². The molecule has 0 N–H and O–H groups in total. The van der Waals surface area contributed by atoms with Gasteiger partial charge in [0.05, 0.1) is 11.5 Å².